The number of aliphatic hydroxyl groups is 4. The normalized spacial score (nSPS) is 45.9. The van der Waals surface area contributed by atoms with Crippen molar-refractivity contribution in [3.05, 3.63) is 11.8 Å². The van der Waals surface area contributed by atoms with E-state index in [0.717, 1.165) is 19.4 Å². The van der Waals surface area contributed by atoms with Crippen LogP contribution in [0.15, 0.2) is 11.8 Å². The van der Waals surface area contributed by atoms with Crippen LogP contribution in [-0.2, 0) is 14.2 Å². The minimum Gasteiger partial charge on any atom is -0.492 e. The third kappa shape index (κ3) is 7.58. The van der Waals surface area contributed by atoms with Crippen molar-refractivity contribution >= 4 is 0 Å². The summed E-state index contributed by atoms with van der Waals surface area (Å²) in [5, 5.41) is 53.6. The van der Waals surface area contributed by atoms with Crippen LogP contribution < -0.4 is 38.9 Å². The first-order valence-electron chi connectivity index (χ1n) is 14.9. The van der Waals surface area contributed by atoms with E-state index in [0.29, 0.717) is 24.5 Å². The van der Waals surface area contributed by atoms with Crippen LogP contribution in [0.4, 0.5) is 0 Å². The van der Waals surface area contributed by atoms with Gasteiger partial charge in [0.15, 0.2) is 6.29 Å². The summed E-state index contributed by atoms with van der Waals surface area (Å²) in [5.41, 5.74) is 23.0. The highest BCUT2D eigenvalue weighted by Crippen LogP contribution is 2.37. The second-order valence-corrected chi connectivity index (χ2v) is 12.6. The second-order valence-electron chi connectivity index (χ2n) is 12.6. The van der Waals surface area contributed by atoms with E-state index in [4.69, 9.17) is 37.1 Å². The molecule has 0 radical (unpaired) electrons. The van der Waals surface area contributed by atoms with Gasteiger partial charge in [-0.3, -0.25) is 0 Å². The molecule has 2 aliphatic carbocycles. The van der Waals surface area contributed by atoms with Gasteiger partial charge in [-0.25, -0.2) is 0 Å². The van der Waals surface area contributed by atoms with E-state index < -0.39 is 66.5 Å². The molecular weight excluding hydrogens is 534 g/mol. The first kappa shape index (κ1) is 32.9. The summed E-state index contributed by atoms with van der Waals surface area (Å²) in [7, 11) is 1.64. The SMILES string of the molecule is CN[C@@H]1[C@@H](O)[C@@H](O[C@H]2[C@H](NCC(O)CN)C[C@H](N)C([C@H]3OC(CN)=CC[C@H]3NCC3CC(N)C3)[C@@H]2O)OC[C@]1(C)O. The van der Waals surface area contributed by atoms with Crippen LogP contribution in [0.25, 0.3) is 0 Å². The third-order valence-electron chi connectivity index (χ3n) is 9.27. The molecule has 2 unspecified atom stereocenters. The Morgan fingerprint density at radius 2 is 1.85 bits per heavy atom. The van der Waals surface area contributed by atoms with E-state index in [-0.39, 0.29) is 38.3 Å². The van der Waals surface area contributed by atoms with Gasteiger partial charge in [0.1, 0.15) is 29.7 Å². The number of aliphatic hydroxyl groups excluding tert-OH is 3. The molecule has 14 heteroatoms. The molecule has 15 N–H and O–H groups in total. The van der Waals surface area contributed by atoms with Gasteiger partial charge in [-0.2, -0.15) is 0 Å². The molecule has 238 valence electrons. The minimum atomic E-state index is -1.32. The predicted octanol–water partition coefficient (Wildman–Crippen LogP) is -4.26. The Labute approximate surface area is 242 Å². The lowest BCUT2D eigenvalue weighted by Crippen LogP contribution is -2.69. The number of ether oxygens (including phenoxy) is 3. The molecule has 12 atom stereocenters. The van der Waals surface area contributed by atoms with Crippen LogP contribution in [0.2, 0.25) is 0 Å². The van der Waals surface area contributed by atoms with Gasteiger partial charge in [0.05, 0.1) is 31.4 Å². The summed E-state index contributed by atoms with van der Waals surface area (Å²) >= 11 is 0. The monoisotopic (exact) mass is 587 g/mol. The first-order chi connectivity index (χ1) is 19.5. The molecule has 14 nitrogen and oxygen atoms in total. The van der Waals surface area contributed by atoms with Crippen molar-refractivity contribution in [2.75, 3.05) is 39.8 Å². The van der Waals surface area contributed by atoms with Crippen LogP contribution >= 0.6 is 0 Å². The van der Waals surface area contributed by atoms with Gasteiger partial charge in [0.2, 0.25) is 0 Å². The molecule has 2 saturated carbocycles. The van der Waals surface area contributed by atoms with Gasteiger partial charge in [0.25, 0.3) is 0 Å². The Bertz CT molecular complexity index is 864. The van der Waals surface area contributed by atoms with Crippen molar-refractivity contribution < 1.29 is 34.6 Å². The van der Waals surface area contributed by atoms with Crippen molar-refractivity contribution in [3.63, 3.8) is 0 Å². The number of nitrogens with two attached hydrogens (primary N) is 4. The molecule has 1 saturated heterocycles. The maximum atomic E-state index is 11.9. The largest absolute Gasteiger partial charge is 0.492 e. The number of likely N-dealkylation sites (N-methyl/N-ethyl adjacent to an activating group) is 1. The van der Waals surface area contributed by atoms with E-state index >= 15 is 0 Å². The molecule has 0 amide bonds. The molecular formula is C27H53N7O7. The van der Waals surface area contributed by atoms with Gasteiger partial charge in [-0.1, -0.05) is 0 Å². The topological polar surface area (TPSA) is 249 Å². The van der Waals surface area contributed by atoms with Gasteiger partial charge >= 0.3 is 0 Å². The molecule has 41 heavy (non-hydrogen) atoms. The molecule has 0 bridgehead atoms. The first-order valence-corrected chi connectivity index (χ1v) is 14.9. The fraction of sp³-hybridized carbons (Fsp3) is 0.926. The molecule has 0 aromatic rings. The van der Waals surface area contributed by atoms with Crippen LogP contribution in [-0.4, -0.2) is 133 Å². The lowest BCUT2D eigenvalue weighted by molar-refractivity contribution is -0.298. The van der Waals surface area contributed by atoms with Crippen LogP contribution in [0, 0.1) is 11.8 Å². The average Bonchev–Trinajstić information content (AvgIpc) is 2.92. The van der Waals surface area contributed by atoms with E-state index in [1.54, 1.807) is 14.0 Å². The van der Waals surface area contributed by atoms with Gasteiger partial charge < -0.3 is 73.5 Å². The van der Waals surface area contributed by atoms with Crippen molar-refractivity contribution in [3.8, 4) is 0 Å². The summed E-state index contributed by atoms with van der Waals surface area (Å²) < 4.78 is 18.4. The van der Waals surface area contributed by atoms with E-state index in [9.17, 15) is 20.4 Å². The highest BCUT2D eigenvalue weighted by atomic mass is 16.7. The van der Waals surface area contributed by atoms with Crippen LogP contribution in [0.5, 0.6) is 0 Å². The number of hydrogen-bond donors (Lipinski definition) is 11. The third-order valence-corrected chi connectivity index (χ3v) is 9.27. The van der Waals surface area contributed by atoms with Gasteiger partial charge in [0, 0.05) is 43.2 Å². The van der Waals surface area contributed by atoms with E-state index in [1.807, 2.05) is 6.08 Å². The summed E-state index contributed by atoms with van der Waals surface area (Å²) in [6.07, 6.45) is -0.647. The zero-order chi connectivity index (χ0) is 29.9. The van der Waals surface area contributed by atoms with Crippen molar-refractivity contribution in [1.82, 2.24) is 16.0 Å². The van der Waals surface area contributed by atoms with Crippen molar-refractivity contribution in [2.24, 2.45) is 34.8 Å². The lowest BCUT2D eigenvalue weighted by atomic mass is 9.72. The number of nitrogens with one attached hydrogen (secondary N) is 3. The molecule has 0 aromatic heterocycles. The minimum absolute atomic E-state index is 0.0647. The molecule has 4 aliphatic rings. The van der Waals surface area contributed by atoms with Gasteiger partial charge in [-0.15, -0.1) is 0 Å². The number of rotatable bonds is 12. The summed E-state index contributed by atoms with van der Waals surface area (Å²) in [5.74, 6) is 0.598. The zero-order valence-electron chi connectivity index (χ0n) is 24.3. The number of hydrogen-bond acceptors (Lipinski definition) is 14. The summed E-state index contributed by atoms with van der Waals surface area (Å²) in [6, 6.07) is -1.56. The Morgan fingerprint density at radius 1 is 1.12 bits per heavy atom. The summed E-state index contributed by atoms with van der Waals surface area (Å²) in [4.78, 5) is 0. The summed E-state index contributed by atoms with van der Waals surface area (Å²) in [6.45, 7) is 2.74. The van der Waals surface area contributed by atoms with Gasteiger partial charge in [-0.05, 0) is 58.2 Å². The molecule has 0 spiro atoms. The Hall–Kier alpha value is -0.980. The maximum Gasteiger partial charge on any atom is 0.185 e. The molecule has 0 aromatic carbocycles. The molecule has 2 heterocycles. The fourth-order valence-electron chi connectivity index (χ4n) is 6.85. The Balaban J connectivity index is 1.55. The highest BCUT2D eigenvalue weighted by molar-refractivity contribution is 5.11. The average molecular weight is 588 g/mol. The fourth-order valence-corrected chi connectivity index (χ4v) is 6.85. The smallest absolute Gasteiger partial charge is 0.185 e. The molecule has 2 aliphatic heterocycles. The van der Waals surface area contributed by atoms with Crippen LogP contribution in [0.3, 0.4) is 0 Å². The van der Waals surface area contributed by atoms with E-state index in [1.165, 1.54) is 0 Å². The molecule has 3 fully saturated rings. The van der Waals surface area contributed by atoms with E-state index in [2.05, 4.69) is 16.0 Å². The maximum absolute atomic E-state index is 11.9. The second kappa shape index (κ2) is 14.2. The zero-order valence-corrected chi connectivity index (χ0v) is 24.3. The highest BCUT2D eigenvalue weighted by Gasteiger charge is 2.53. The lowest BCUT2D eigenvalue weighted by Gasteiger charge is -2.51. The van der Waals surface area contributed by atoms with Crippen molar-refractivity contribution in [1.29, 1.82) is 0 Å². The Morgan fingerprint density at radius 3 is 2.49 bits per heavy atom. The van der Waals surface area contributed by atoms with Crippen molar-refractivity contribution in [2.45, 2.75) is 105 Å². The van der Waals surface area contributed by atoms with Crippen LogP contribution in [0.1, 0.15) is 32.6 Å². The standard InChI is InChI=1S/C27H53N7O7/c1-27(38)12-39-26(22(37)25(27)32-2)41-24-19(34-11-15(35)8-28)7-17(31)20(21(24)36)23-18(4-3-16(9-29)40-23)33-10-13-5-14(30)6-13/h3,13-15,17-26,32-38H,4-12,28-31H2,1-2H3/t13?,14?,15?,17-,18+,19+,20?,21-,22+,23-,24-,25+,26+,27-/m0/s1. The quantitative estimate of drug-likeness (QED) is 0.103. The molecule has 4 rings (SSSR count). The predicted molar refractivity (Wildman–Crippen MR) is 152 cm³/mol. The Kier molecular flexibility index (Phi) is 11.4.